The van der Waals surface area contributed by atoms with E-state index in [9.17, 15) is 0 Å². The highest BCUT2D eigenvalue weighted by atomic mass is 15.3. The van der Waals surface area contributed by atoms with Gasteiger partial charge in [-0.25, -0.2) is 0 Å². The zero-order chi connectivity index (χ0) is 12.4. The summed E-state index contributed by atoms with van der Waals surface area (Å²) in [6.07, 6.45) is 1.79. The molecule has 0 aromatic carbocycles. The normalized spacial score (nSPS) is 11.1. The van der Waals surface area contributed by atoms with Gasteiger partial charge in [-0.05, 0) is 20.8 Å². The summed E-state index contributed by atoms with van der Waals surface area (Å²) >= 11 is 0. The fourth-order valence-electron chi connectivity index (χ4n) is 1.64. The lowest BCUT2D eigenvalue weighted by molar-refractivity contribution is 0.785. The van der Waals surface area contributed by atoms with Crippen LogP contribution in [-0.2, 0) is 7.05 Å². The van der Waals surface area contributed by atoms with E-state index in [0.717, 1.165) is 23.4 Å². The van der Waals surface area contributed by atoms with Gasteiger partial charge in [0.1, 0.15) is 5.82 Å². The minimum Gasteiger partial charge on any atom is -0.367 e. The molecule has 0 saturated heterocycles. The molecule has 0 saturated carbocycles. The lowest BCUT2D eigenvalue weighted by atomic mass is 10.3. The van der Waals surface area contributed by atoms with Gasteiger partial charge >= 0.3 is 0 Å². The van der Waals surface area contributed by atoms with Gasteiger partial charge in [0.05, 0.1) is 11.6 Å². The number of anilines is 2. The molecule has 0 atom stereocenters. The summed E-state index contributed by atoms with van der Waals surface area (Å²) in [6, 6.07) is 0.322. The van der Waals surface area contributed by atoms with Gasteiger partial charge in [0.15, 0.2) is 5.65 Å². The van der Waals surface area contributed by atoms with Crippen molar-refractivity contribution in [2.75, 3.05) is 17.2 Å². The fourth-order valence-corrected chi connectivity index (χ4v) is 1.64. The summed E-state index contributed by atoms with van der Waals surface area (Å²) in [5, 5.41) is 11.6. The standard InChI is InChI=1S/C11H18N6/c1-5-12-11-15-9(14-7(2)3)8-6-13-17(4)10(8)16-11/h6-7H,5H2,1-4H3,(H2,12,14,15,16). The lowest BCUT2D eigenvalue weighted by Gasteiger charge is -2.11. The maximum absolute atomic E-state index is 4.46. The van der Waals surface area contributed by atoms with Crippen molar-refractivity contribution in [2.45, 2.75) is 26.8 Å². The van der Waals surface area contributed by atoms with Crippen LogP contribution in [0.4, 0.5) is 11.8 Å². The summed E-state index contributed by atoms with van der Waals surface area (Å²) in [5.41, 5.74) is 0.833. The van der Waals surface area contributed by atoms with Crippen molar-refractivity contribution in [2.24, 2.45) is 7.05 Å². The predicted octanol–water partition coefficient (Wildman–Crippen LogP) is 1.62. The van der Waals surface area contributed by atoms with Gasteiger partial charge in [-0.15, -0.1) is 0 Å². The molecule has 0 unspecified atom stereocenters. The zero-order valence-electron chi connectivity index (χ0n) is 10.7. The van der Waals surface area contributed by atoms with Crippen LogP contribution in [0.1, 0.15) is 20.8 Å². The number of fused-ring (bicyclic) bond motifs is 1. The first-order valence-corrected chi connectivity index (χ1v) is 5.82. The fraction of sp³-hybridized carbons (Fsp3) is 0.545. The molecule has 2 aromatic heterocycles. The Morgan fingerprint density at radius 1 is 1.35 bits per heavy atom. The second-order valence-corrected chi connectivity index (χ2v) is 4.23. The molecule has 6 nitrogen and oxygen atoms in total. The average molecular weight is 234 g/mol. The van der Waals surface area contributed by atoms with E-state index in [0.29, 0.717) is 12.0 Å². The number of aryl methyl sites for hydroxylation is 1. The molecular formula is C11H18N6. The van der Waals surface area contributed by atoms with E-state index < -0.39 is 0 Å². The van der Waals surface area contributed by atoms with Crippen molar-refractivity contribution in [3.8, 4) is 0 Å². The topological polar surface area (TPSA) is 67.7 Å². The highest BCUT2D eigenvalue weighted by Gasteiger charge is 2.11. The van der Waals surface area contributed by atoms with Crippen LogP contribution < -0.4 is 10.6 Å². The molecule has 6 heteroatoms. The Balaban J connectivity index is 2.53. The molecule has 2 heterocycles. The molecule has 92 valence electrons. The second kappa shape index (κ2) is 4.57. The maximum atomic E-state index is 4.46. The molecule has 0 bridgehead atoms. The first-order chi connectivity index (χ1) is 8.11. The molecule has 2 aromatic rings. The maximum Gasteiger partial charge on any atom is 0.226 e. The van der Waals surface area contributed by atoms with E-state index in [2.05, 4.69) is 39.5 Å². The quantitative estimate of drug-likeness (QED) is 0.841. The second-order valence-electron chi connectivity index (χ2n) is 4.23. The summed E-state index contributed by atoms with van der Waals surface area (Å²) in [4.78, 5) is 8.89. The Kier molecular flexibility index (Phi) is 3.12. The van der Waals surface area contributed by atoms with Crippen LogP contribution in [0.3, 0.4) is 0 Å². The van der Waals surface area contributed by atoms with Crippen molar-refractivity contribution in [1.82, 2.24) is 19.7 Å². The summed E-state index contributed by atoms with van der Waals surface area (Å²) < 4.78 is 1.75. The summed E-state index contributed by atoms with van der Waals surface area (Å²) in [6.45, 7) is 6.98. The highest BCUT2D eigenvalue weighted by Crippen LogP contribution is 2.21. The Labute approximate surface area is 100 Å². The molecular weight excluding hydrogens is 216 g/mol. The van der Waals surface area contributed by atoms with Crippen LogP contribution in [0.5, 0.6) is 0 Å². The number of aromatic nitrogens is 4. The Bertz CT molecular complexity index is 516. The molecule has 0 fully saturated rings. The SMILES string of the molecule is CCNc1nc(NC(C)C)c2cnn(C)c2n1. The Morgan fingerprint density at radius 2 is 2.12 bits per heavy atom. The number of nitrogens with zero attached hydrogens (tertiary/aromatic N) is 4. The predicted molar refractivity (Wildman–Crippen MR) is 69.2 cm³/mol. The third-order valence-corrected chi connectivity index (χ3v) is 2.35. The third-order valence-electron chi connectivity index (χ3n) is 2.35. The zero-order valence-corrected chi connectivity index (χ0v) is 10.7. The van der Waals surface area contributed by atoms with Crippen LogP contribution >= 0.6 is 0 Å². The van der Waals surface area contributed by atoms with E-state index in [1.54, 1.807) is 10.9 Å². The van der Waals surface area contributed by atoms with Gasteiger partial charge < -0.3 is 10.6 Å². The molecule has 0 aliphatic carbocycles. The van der Waals surface area contributed by atoms with Gasteiger partial charge in [0, 0.05) is 19.6 Å². The molecule has 2 N–H and O–H groups in total. The summed E-state index contributed by atoms with van der Waals surface area (Å²) in [7, 11) is 1.88. The molecule has 2 rings (SSSR count). The first kappa shape index (κ1) is 11.6. The molecule has 0 aliphatic heterocycles. The van der Waals surface area contributed by atoms with Crippen LogP contribution in [0.15, 0.2) is 6.20 Å². The molecule has 0 spiro atoms. The number of nitrogens with one attached hydrogen (secondary N) is 2. The van der Waals surface area contributed by atoms with Gasteiger partial charge in [-0.3, -0.25) is 4.68 Å². The molecule has 17 heavy (non-hydrogen) atoms. The van der Waals surface area contributed by atoms with Crippen molar-refractivity contribution in [3.05, 3.63) is 6.20 Å². The minimum absolute atomic E-state index is 0.322. The van der Waals surface area contributed by atoms with E-state index in [1.807, 2.05) is 14.0 Å². The van der Waals surface area contributed by atoms with Crippen LogP contribution in [-0.4, -0.2) is 32.3 Å². The van der Waals surface area contributed by atoms with E-state index in [4.69, 9.17) is 0 Å². The number of hydrogen-bond donors (Lipinski definition) is 2. The average Bonchev–Trinajstić information content (AvgIpc) is 2.61. The Morgan fingerprint density at radius 3 is 2.76 bits per heavy atom. The molecule has 0 radical (unpaired) electrons. The number of rotatable bonds is 4. The van der Waals surface area contributed by atoms with Gasteiger partial charge in [0.25, 0.3) is 0 Å². The molecule has 0 aliphatic rings. The summed E-state index contributed by atoms with van der Waals surface area (Å²) in [5.74, 6) is 1.46. The van der Waals surface area contributed by atoms with Gasteiger partial charge in [-0.2, -0.15) is 15.1 Å². The van der Waals surface area contributed by atoms with Crippen molar-refractivity contribution in [3.63, 3.8) is 0 Å². The van der Waals surface area contributed by atoms with Crippen molar-refractivity contribution >= 4 is 22.8 Å². The van der Waals surface area contributed by atoms with E-state index in [-0.39, 0.29) is 0 Å². The smallest absolute Gasteiger partial charge is 0.226 e. The monoisotopic (exact) mass is 234 g/mol. The van der Waals surface area contributed by atoms with Crippen LogP contribution in [0.2, 0.25) is 0 Å². The highest BCUT2D eigenvalue weighted by molar-refractivity contribution is 5.87. The van der Waals surface area contributed by atoms with Crippen molar-refractivity contribution in [1.29, 1.82) is 0 Å². The van der Waals surface area contributed by atoms with E-state index in [1.165, 1.54) is 0 Å². The molecule has 0 amide bonds. The van der Waals surface area contributed by atoms with E-state index >= 15 is 0 Å². The van der Waals surface area contributed by atoms with Gasteiger partial charge in [-0.1, -0.05) is 0 Å². The minimum atomic E-state index is 0.322. The number of hydrogen-bond acceptors (Lipinski definition) is 5. The largest absolute Gasteiger partial charge is 0.367 e. The van der Waals surface area contributed by atoms with Crippen LogP contribution in [0, 0.1) is 0 Å². The Hall–Kier alpha value is -1.85. The van der Waals surface area contributed by atoms with Crippen LogP contribution in [0.25, 0.3) is 11.0 Å². The lowest BCUT2D eigenvalue weighted by Crippen LogP contribution is -2.13. The third kappa shape index (κ3) is 2.30. The first-order valence-electron chi connectivity index (χ1n) is 5.82. The van der Waals surface area contributed by atoms with Gasteiger partial charge in [0.2, 0.25) is 5.95 Å². The van der Waals surface area contributed by atoms with Crippen molar-refractivity contribution < 1.29 is 0 Å².